The van der Waals surface area contributed by atoms with Gasteiger partial charge in [-0.1, -0.05) is 54.6 Å². The van der Waals surface area contributed by atoms with Gasteiger partial charge in [-0.2, -0.15) is 0 Å². The van der Waals surface area contributed by atoms with E-state index in [0.29, 0.717) is 0 Å². The predicted molar refractivity (Wildman–Crippen MR) is 174 cm³/mol. The third kappa shape index (κ3) is 4.53. The van der Waals surface area contributed by atoms with E-state index < -0.39 is 0 Å². The van der Waals surface area contributed by atoms with Crippen LogP contribution in [0.3, 0.4) is 0 Å². The number of aromatic amines is 1. The first-order valence-corrected chi connectivity index (χ1v) is 14.2. The zero-order chi connectivity index (χ0) is 28.6. The molecule has 3 aromatic carbocycles. The standard InChI is InChI=1S/C38H25N5/c1-2-9-25(10-3-1)34-14-6-15-36(42-34)33-22-29(27-12-8-17-40-24-27)20-31-30-19-28(26-11-7-16-39-23-26)21-32(37(30)43-38(31)33)35-13-4-5-18-41-35/h1-24,43H. The minimum absolute atomic E-state index is 0.899. The largest absolute Gasteiger partial charge is 0.353 e. The van der Waals surface area contributed by atoms with Gasteiger partial charge in [-0.15, -0.1) is 0 Å². The summed E-state index contributed by atoms with van der Waals surface area (Å²) >= 11 is 0. The van der Waals surface area contributed by atoms with Gasteiger partial charge < -0.3 is 4.98 Å². The predicted octanol–water partition coefficient (Wildman–Crippen LogP) is 9.24. The van der Waals surface area contributed by atoms with Crippen molar-refractivity contribution in [2.45, 2.75) is 0 Å². The van der Waals surface area contributed by atoms with Crippen LogP contribution in [0.4, 0.5) is 0 Å². The van der Waals surface area contributed by atoms with E-state index in [-0.39, 0.29) is 0 Å². The van der Waals surface area contributed by atoms with Gasteiger partial charge in [0.15, 0.2) is 0 Å². The number of hydrogen-bond acceptors (Lipinski definition) is 4. The second-order valence-corrected chi connectivity index (χ2v) is 10.5. The smallest absolute Gasteiger partial charge is 0.0730 e. The van der Waals surface area contributed by atoms with Crippen LogP contribution in [0.15, 0.2) is 146 Å². The molecule has 0 bridgehead atoms. The minimum Gasteiger partial charge on any atom is -0.353 e. The molecule has 5 heteroatoms. The molecule has 0 fully saturated rings. The summed E-state index contributed by atoms with van der Waals surface area (Å²) in [6.07, 6.45) is 9.26. The quantitative estimate of drug-likeness (QED) is 0.231. The van der Waals surface area contributed by atoms with E-state index in [1.54, 1.807) is 12.4 Å². The average Bonchev–Trinajstić information content (AvgIpc) is 3.48. The van der Waals surface area contributed by atoms with E-state index >= 15 is 0 Å². The lowest BCUT2D eigenvalue weighted by molar-refractivity contribution is 1.31. The molecule has 0 atom stereocenters. The fourth-order valence-corrected chi connectivity index (χ4v) is 5.78. The summed E-state index contributed by atoms with van der Waals surface area (Å²) in [5.74, 6) is 0. The monoisotopic (exact) mass is 551 g/mol. The molecule has 0 aliphatic heterocycles. The lowest BCUT2D eigenvalue weighted by Crippen LogP contribution is -1.90. The number of nitrogens with one attached hydrogen (secondary N) is 1. The molecular formula is C38H25N5. The van der Waals surface area contributed by atoms with Crippen LogP contribution in [0.5, 0.6) is 0 Å². The number of nitrogens with zero attached hydrogens (tertiary/aromatic N) is 4. The summed E-state index contributed by atoms with van der Waals surface area (Å²) in [7, 11) is 0. The highest BCUT2D eigenvalue weighted by Gasteiger charge is 2.19. The highest BCUT2D eigenvalue weighted by molar-refractivity contribution is 6.17. The number of fused-ring (bicyclic) bond motifs is 3. The van der Waals surface area contributed by atoms with Crippen LogP contribution in [0.2, 0.25) is 0 Å². The van der Waals surface area contributed by atoms with Gasteiger partial charge in [0.05, 0.1) is 28.1 Å². The maximum atomic E-state index is 5.16. The number of benzene rings is 3. The van der Waals surface area contributed by atoms with Gasteiger partial charge in [0.1, 0.15) is 0 Å². The SMILES string of the molecule is c1ccc(-c2cccc(-c3cc(-c4cccnc4)cc4c3[nH]c3c(-c5ccccn5)cc(-c5cccnc5)cc34)n2)cc1. The van der Waals surface area contributed by atoms with Crippen LogP contribution in [0.1, 0.15) is 0 Å². The molecule has 0 amide bonds. The first-order valence-electron chi connectivity index (χ1n) is 14.2. The molecule has 1 N–H and O–H groups in total. The highest BCUT2D eigenvalue weighted by atomic mass is 14.8. The topological polar surface area (TPSA) is 67.3 Å². The molecular weight excluding hydrogens is 526 g/mol. The molecule has 5 nitrogen and oxygen atoms in total. The van der Waals surface area contributed by atoms with E-state index in [1.165, 1.54) is 0 Å². The van der Waals surface area contributed by atoms with Crippen LogP contribution in [0, 0.1) is 0 Å². The summed E-state index contributed by atoms with van der Waals surface area (Å²) in [5, 5.41) is 2.23. The van der Waals surface area contributed by atoms with Crippen molar-refractivity contribution in [2.75, 3.05) is 0 Å². The third-order valence-electron chi connectivity index (χ3n) is 7.84. The van der Waals surface area contributed by atoms with Crippen molar-refractivity contribution in [3.63, 3.8) is 0 Å². The fourth-order valence-electron chi connectivity index (χ4n) is 5.78. The van der Waals surface area contributed by atoms with Crippen LogP contribution in [0.25, 0.3) is 77.8 Å². The summed E-state index contributed by atoms with van der Waals surface area (Å²) < 4.78 is 0. The zero-order valence-electron chi connectivity index (χ0n) is 23.1. The maximum Gasteiger partial charge on any atom is 0.0730 e. The van der Waals surface area contributed by atoms with Gasteiger partial charge in [-0.05, 0) is 71.8 Å². The number of pyridine rings is 4. The Labute approximate surface area is 248 Å². The van der Waals surface area contributed by atoms with Gasteiger partial charge in [0.25, 0.3) is 0 Å². The second kappa shape index (κ2) is 10.5. The summed E-state index contributed by atoms with van der Waals surface area (Å²) in [4.78, 5) is 22.5. The van der Waals surface area contributed by atoms with Gasteiger partial charge >= 0.3 is 0 Å². The lowest BCUT2D eigenvalue weighted by Gasteiger charge is -2.10. The van der Waals surface area contributed by atoms with E-state index in [4.69, 9.17) is 9.97 Å². The lowest BCUT2D eigenvalue weighted by atomic mass is 9.95. The number of H-pyrrole nitrogens is 1. The van der Waals surface area contributed by atoms with Crippen LogP contribution in [-0.2, 0) is 0 Å². The van der Waals surface area contributed by atoms with Crippen molar-refractivity contribution >= 4 is 21.8 Å². The van der Waals surface area contributed by atoms with E-state index in [2.05, 4.69) is 87.7 Å². The Bertz CT molecular complexity index is 2210. The fraction of sp³-hybridized carbons (Fsp3) is 0. The second-order valence-electron chi connectivity index (χ2n) is 10.5. The van der Waals surface area contributed by atoms with Crippen molar-refractivity contribution in [2.24, 2.45) is 0 Å². The average molecular weight is 552 g/mol. The van der Waals surface area contributed by atoms with E-state index in [9.17, 15) is 0 Å². The Balaban J connectivity index is 1.46. The number of hydrogen-bond donors (Lipinski definition) is 1. The Morgan fingerprint density at radius 3 is 1.60 bits per heavy atom. The van der Waals surface area contributed by atoms with Crippen LogP contribution in [-0.4, -0.2) is 24.9 Å². The molecule has 8 rings (SSSR count). The van der Waals surface area contributed by atoms with Gasteiger partial charge in [0.2, 0.25) is 0 Å². The van der Waals surface area contributed by atoms with Gasteiger partial charge in [-0.25, -0.2) is 4.98 Å². The molecule has 0 aliphatic carbocycles. The summed E-state index contributed by atoms with van der Waals surface area (Å²) in [6.45, 7) is 0. The molecule has 0 saturated carbocycles. The Kier molecular flexibility index (Phi) is 6.05. The Morgan fingerprint density at radius 1 is 0.419 bits per heavy atom. The van der Waals surface area contributed by atoms with Crippen molar-refractivity contribution in [1.82, 2.24) is 24.9 Å². The van der Waals surface area contributed by atoms with E-state index in [1.807, 2.05) is 61.1 Å². The third-order valence-corrected chi connectivity index (χ3v) is 7.84. The Morgan fingerprint density at radius 2 is 1.00 bits per heavy atom. The molecule has 5 heterocycles. The molecule has 0 aliphatic rings. The number of rotatable bonds is 5. The van der Waals surface area contributed by atoms with Crippen LogP contribution >= 0.6 is 0 Å². The summed E-state index contributed by atoms with van der Waals surface area (Å²) in [5.41, 5.74) is 12.2. The zero-order valence-corrected chi connectivity index (χ0v) is 23.1. The van der Waals surface area contributed by atoms with Gasteiger partial charge in [0, 0.05) is 69.6 Å². The molecule has 202 valence electrons. The molecule has 43 heavy (non-hydrogen) atoms. The summed E-state index contributed by atoms with van der Waals surface area (Å²) in [6, 6.07) is 39.6. The molecule has 8 aromatic rings. The minimum atomic E-state index is 0.899. The molecule has 0 saturated heterocycles. The number of aromatic nitrogens is 5. The molecule has 0 unspecified atom stereocenters. The molecule has 5 aromatic heterocycles. The highest BCUT2D eigenvalue weighted by Crippen LogP contribution is 2.41. The normalized spacial score (nSPS) is 11.3. The molecule has 0 radical (unpaired) electrons. The first-order chi connectivity index (χ1) is 21.3. The van der Waals surface area contributed by atoms with Crippen molar-refractivity contribution in [3.8, 4) is 56.0 Å². The maximum absolute atomic E-state index is 5.16. The van der Waals surface area contributed by atoms with Crippen LogP contribution < -0.4 is 0 Å². The van der Waals surface area contributed by atoms with Crippen molar-refractivity contribution in [1.29, 1.82) is 0 Å². The van der Waals surface area contributed by atoms with Crippen molar-refractivity contribution in [3.05, 3.63) is 146 Å². The van der Waals surface area contributed by atoms with Gasteiger partial charge in [-0.3, -0.25) is 15.0 Å². The first kappa shape index (κ1) is 24.8. The molecule has 0 spiro atoms. The Hall–Kier alpha value is -5.94. The van der Waals surface area contributed by atoms with Crippen molar-refractivity contribution < 1.29 is 0 Å². The van der Waals surface area contributed by atoms with E-state index in [0.717, 1.165) is 77.8 Å².